The Morgan fingerprint density at radius 3 is 2.39 bits per heavy atom. The number of hydrogen-bond acceptors (Lipinski definition) is 5. The van der Waals surface area contributed by atoms with Crippen LogP contribution < -0.4 is 9.64 Å². The summed E-state index contributed by atoms with van der Waals surface area (Å²) in [5.74, 6) is 1.80. The van der Waals surface area contributed by atoms with Crippen molar-refractivity contribution in [2.45, 2.75) is 6.92 Å². The van der Waals surface area contributed by atoms with Gasteiger partial charge in [0.2, 0.25) is 5.89 Å². The highest BCUT2D eigenvalue weighted by molar-refractivity contribution is 5.94. The number of nitrogens with zero attached hydrogens (tertiary/aromatic N) is 3. The van der Waals surface area contributed by atoms with Gasteiger partial charge >= 0.3 is 0 Å². The van der Waals surface area contributed by atoms with Crippen molar-refractivity contribution in [1.29, 1.82) is 0 Å². The maximum Gasteiger partial charge on any atom is 0.276 e. The van der Waals surface area contributed by atoms with E-state index in [-0.39, 0.29) is 5.91 Å². The van der Waals surface area contributed by atoms with Crippen LogP contribution in [0.2, 0.25) is 0 Å². The van der Waals surface area contributed by atoms with Crippen LogP contribution in [0.4, 0.5) is 5.69 Å². The van der Waals surface area contributed by atoms with Gasteiger partial charge in [0.05, 0.1) is 12.8 Å². The highest BCUT2D eigenvalue weighted by Crippen LogP contribution is 2.29. The van der Waals surface area contributed by atoms with Crippen LogP contribution in [0.5, 0.6) is 5.75 Å². The summed E-state index contributed by atoms with van der Waals surface area (Å²) >= 11 is 0. The van der Waals surface area contributed by atoms with Crippen LogP contribution in [0.1, 0.15) is 16.2 Å². The number of aryl methyl sites for hydroxylation is 1. The average Bonchev–Trinajstić information content (AvgIpc) is 3.15. The second kappa shape index (κ2) is 7.76. The van der Waals surface area contributed by atoms with Crippen LogP contribution in [0.15, 0.2) is 59.0 Å². The first-order valence-electron chi connectivity index (χ1n) is 9.37. The molecule has 28 heavy (non-hydrogen) atoms. The van der Waals surface area contributed by atoms with E-state index >= 15 is 0 Å². The minimum atomic E-state index is -0.0805. The predicted octanol–water partition coefficient (Wildman–Crippen LogP) is 3.62. The molecule has 1 amide bonds. The summed E-state index contributed by atoms with van der Waals surface area (Å²) in [6.45, 7) is 4.54. The van der Waals surface area contributed by atoms with E-state index in [1.807, 2.05) is 59.5 Å². The molecule has 0 bridgehead atoms. The van der Waals surface area contributed by atoms with Crippen molar-refractivity contribution in [2.75, 3.05) is 38.2 Å². The molecule has 1 aliphatic rings. The lowest BCUT2D eigenvalue weighted by atomic mass is 10.2. The van der Waals surface area contributed by atoms with Crippen LogP contribution in [0, 0.1) is 6.92 Å². The zero-order chi connectivity index (χ0) is 19.5. The third-order valence-corrected chi connectivity index (χ3v) is 5.01. The van der Waals surface area contributed by atoms with Gasteiger partial charge in [-0.25, -0.2) is 4.98 Å². The topological polar surface area (TPSA) is 58.8 Å². The predicted molar refractivity (Wildman–Crippen MR) is 108 cm³/mol. The van der Waals surface area contributed by atoms with Crippen LogP contribution in [0.25, 0.3) is 11.5 Å². The molecule has 144 valence electrons. The van der Waals surface area contributed by atoms with E-state index in [0.717, 1.165) is 30.1 Å². The number of carbonyl (C=O) groups excluding carboxylic acids is 1. The lowest BCUT2D eigenvalue weighted by Gasteiger charge is -2.36. The monoisotopic (exact) mass is 377 g/mol. The molecule has 0 radical (unpaired) electrons. The number of hydrogen-bond donors (Lipinski definition) is 0. The molecule has 2 heterocycles. The molecule has 6 heteroatoms. The third-order valence-electron chi connectivity index (χ3n) is 5.01. The first kappa shape index (κ1) is 18.1. The molecule has 0 spiro atoms. The molecule has 0 saturated carbocycles. The number of oxazole rings is 1. The highest BCUT2D eigenvalue weighted by atomic mass is 16.5. The van der Waals surface area contributed by atoms with Gasteiger partial charge in [-0.1, -0.05) is 30.3 Å². The second-order valence-electron chi connectivity index (χ2n) is 6.74. The molecule has 0 aliphatic carbocycles. The molecule has 2 aromatic carbocycles. The third kappa shape index (κ3) is 3.45. The minimum absolute atomic E-state index is 0.0805. The number of anilines is 1. The molecule has 3 aromatic rings. The van der Waals surface area contributed by atoms with Gasteiger partial charge in [0, 0.05) is 31.7 Å². The van der Waals surface area contributed by atoms with Crippen molar-refractivity contribution < 1.29 is 13.9 Å². The Morgan fingerprint density at radius 1 is 1.00 bits per heavy atom. The van der Waals surface area contributed by atoms with E-state index in [0.29, 0.717) is 30.4 Å². The van der Waals surface area contributed by atoms with E-state index in [2.05, 4.69) is 9.88 Å². The molecule has 1 aromatic heterocycles. The van der Waals surface area contributed by atoms with Crippen LogP contribution in [-0.2, 0) is 0 Å². The summed E-state index contributed by atoms with van der Waals surface area (Å²) in [4.78, 5) is 21.5. The number of rotatable bonds is 4. The SMILES string of the molecule is COc1ccccc1N1CCN(C(=O)c2nc(-c3ccccc3)oc2C)CC1. The van der Waals surface area contributed by atoms with Crippen molar-refractivity contribution in [1.82, 2.24) is 9.88 Å². The van der Waals surface area contributed by atoms with E-state index in [9.17, 15) is 4.79 Å². The first-order chi connectivity index (χ1) is 13.7. The maximum absolute atomic E-state index is 13.0. The lowest BCUT2D eigenvalue weighted by molar-refractivity contribution is 0.0739. The largest absolute Gasteiger partial charge is 0.495 e. The van der Waals surface area contributed by atoms with E-state index in [1.54, 1.807) is 14.0 Å². The summed E-state index contributed by atoms with van der Waals surface area (Å²) in [7, 11) is 1.68. The molecule has 4 rings (SSSR count). The van der Waals surface area contributed by atoms with Crippen LogP contribution in [0.3, 0.4) is 0 Å². The van der Waals surface area contributed by atoms with Crippen LogP contribution in [-0.4, -0.2) is 49.1 Å². The molecular weight excluding hydrogens is 354 g/mol. The normalized spacial score (nSPS) is 14.2. The maximum atomic E-state index is 13.0. The zero-order valence-electron chi connectivity index (χ0n) is 16.1. The van der Waals surface area contributed by atoms with Crippen molar-refractivity contribution >= 4 is 11.6 Å². The van der Waals surface area contributed by atoms with Crippen molar-refractivity contribution in [3.63, 3.8) is 0 Å². The number of amides is 1. The Kier molecular flexibility index (Phi) is 5.02. The number of carbonyl (C=O) groups is 1. The standard InChI is InChI=1S/C22H23N3O3/c1-16-20(23-21(28-16)17-8-4-3-5-9-17)22(26)25-14-12-24(13-15-25)18-10-6-7-11-19(18)27-2/h3-11H,12-15H2,1-2H3. The quantitative estimate of drug-likeness (QED) is 0.695. The molecule has 1 fully saturated rings. The number of ether oxygens (including phenoxy) is 1. The zero-order valence-corrected chi connectivity index (χ0v) is 16.1. The van der Waals surface area contributed by atoms with Gasteiger partial charge in [0.1, 0.15) is 11.5 Å². The Morgan fingerprint density at radius 2 is 1.68 bits per heavy atom. The number of piperazine rings is 1. The Labute approximate surface area is 164 Å². The lowest BCUT2D eigenvalue weighted by Crippen LogP contribution is -2.49. The number of para-hydroxylation sites is 2. The summed E-state index contributed by atoms with van der Waals surface area (Å²) in [6, 6.07) is 17.6. The first-order valence-corrected chi connectivity index (χ1v) is 9.37. The van der Waals surface area contributed by atoms with Crippen molar-refractivity contribution in [3.05, 3.63) is 66.1 Å². The summed E-state index contributed by atoms with van der Waals surface area (Å²) < 4.78 is 11.2. The van der Waals surface area contributed by atoms with E-state index in [4.69, 9.17) is 9.15 Å². The molecule has 1 aliphatic heterocycles. The average molecular weight is 377 g/mol. The smallest absolute Gasteiger partial charge is 0.276 e. The fourth-order valence-electron chi connectivity index (χ4n) is 3.49. The fraction of sp³-hybridized carbons (Fsp3) is 0.273. The van der Waals surface area contributed by atoms with Gasteiger partial charge in [0.15, 0.2) is 5.69 Å². The van der Waals surface area contributed by atoms with Gasteiger partial charge in [-0.15, -0.1) is 0 Å². The fourth-order valence-corrected chi connectivity index (χ4v) is 3.49. The Bertz CT molecular complexity index is 960. The molecule has 6 nitrogen and oxygen atoms in total. The highest BCUT2D eigenvalue weighted by Gasteiger charge is 2.27. The van der Waals surface area contributed by atoms with Crippen molar-refractivity contribution in [2.24, 2.45) is 0 Å². The summed E-state index contributed by atoms with van der Waals surface area (Å²) in [6.07, 6.45) is 0. The van der Waals surface area contributed by atoms with Crippen molar-refractivity contribution in [3.8, 4) is 17.2 Å². The Balaban J connectivity index is 1.47. The minimum Gasteiger partial charge on any atom is -0.495 e. The number of methoxy groups -OCH3 is 1. The van der Waals surface area contributed by atoms with E-state index < -0.39 is 0 Å². The molecule has 0 N–H and O–H groups in total. The molecule has 0 atom stereocenters. The second-order valence-corrected chi connectivity index (χ2v) is 6.74. The molecule has 1 saturated heterocycles. The molecule has 0 unspecified atom stereocenters. The number of aromatic nitrogens is 1. The van der Waals surface area contributed by atoms with Crippen LogP contribution >= 0.6 is 0 Å². The molecular formula is C22H23N3O3. The van der Waals surface area contributed by atoms with Gasteiger partial charge in [0.25, 0.3) is 5.91 Å². The van der Waals surface area contributed by atoms with E-state index in [1.165, 1.54) is 0 Å². The van der Waals surface area contributed by atoms with Gasteiger partial charge < -0.3 is 19.0 Å². The number of benzene rings is 2. The summed E-state index contributed by atoms with van der Waals surface area (Å²) in [5.41, 5.74) is 2.32. The van der Waals surface area contributed by atoms with Gasteiger partial charge in [-0.2, -0.15) is 0 Å². The summed E-state index contributed by atoms with van der Waals surface area (Å²) in [5, 5.41) is 0. The Hall–Kier alpha value is -3.28. The van der Waals surface area contributed by atoms with Gasteiger partial charge in [-0.05, 0) is 31.2 Å². The van der Waals surface area contributed by atoms with Gasteiger partial charge in [-0.3, -0.25) is 4.79 Å².